The number of ether oxygens (including phenoxy) is 1. The normalized spacial score (nSPS) is 11.9. The molecule has 0 aliphatic carbocycles. The number of carbonyl (C=O) groups is 1. The van der Waals surface area contributed by atoms with Gasteiger partial charge >= 0.3 is 0 Å². The van der Waals surface area contributed by atoms with Crippen LogP contribution in [0.2, 0.25) is 0 Å². The molecule has 23 heavy (non-hydrogen) atoms. The quantitative estimate of drug-likeness (QED) is 0.826. The van der Waals surface area contributed by atoms with E-state index in [0.29, 0.717) is 5.75 Å². The predicted octanol–water partition coefficient (Wildman–Crippen LogP) is 4.63. The fraction of sp³-hybridized carbons (Fsp3) is 0.316. The third-order valence-corrected chi connectivity index (χ3v) is 4.66. The summed E-state index contributed by atoms with van der Waals surface area (Å²) in [7, 11) is 0. The Hall–Kier alpha value is -1.81. The summed E-state index contributed by atoms with van der Waals surface area (Å²) in [6.07, 6.45) is 0. The van der Waals surface area contributed by atoms with Gasteiger partial charge in [-0.3, -0.25) is 4.79 Å². The van der Waals surface area contributed by atoms with E-state index < -0.39 is 0 Å². The maximum atomic E-state index is 12.1. The minimum atomic E-state index is -0.127. The highest BCUT2D eigenvalue weighted by Crippen LogP contribution is 2.22. The largest absolute Gasteiger partial charge is 0.484 e. The Morgan fingerprint density at radius 3 is 2.52 bits per heavy atom. The second-order valence-electron chi connectivity index (χ2n) is 5.85. The van der Waals surface area contributed by atoms with E-state index >= 15 is 0 Å². The van der Waals surface area contributed by atoms with Gasteiger partial charge in [0.1, 0.15) is 5.75 Å². The van der Waals surface area contributed by atoms with E-state index in [2.05, 4.69) is 53.3 Å². The number of amides is 1. The summed E-state index contributed by atoms with van der Waals surface area (Å²) in [6, 6.07) is 11.9. The molecule has 122 valence electrons. The zero-order valence-corrected chi connectivity index (χ0v) is 15.5. The molecule has 1 N–H and O–H groups in total. The van der Waals surface area contributed by atoms with Crippen LogP contribution < -0.4 is 10.1 Å². The molecule has 2 aromatic rings. The molecule has 0 saturated heterocycles. The van der Waals surface area contributed by atoms with Gasteiger partial charge in [-0.1, -0.05) is 39.7 Å². The third kappa shape index (κ3) is 4.83. The van der Waals surface area contributed by atoms with Gasteiger partial charge in [-0.05, 0) is 62.6 Å². The van der Waals surface area contributed by atoms with Gasteiger partial charge in [0.15, 0.2) is 6.61 Å². The first-order chi connectivity index (χ1) is 10.9. The number of aryl methyl sites for hydroxylation is 3. The summed E-state index contributed by atoms with van der Waals surface area (Å²) in [4.78, 5) is 12.1. The van der Waals surface area contributed by atoms with Crippen LogP contribution in [0.25, 0.3) is 0 Å². The molecule has 0 bridgehead atoms. The van der Waals surface area contributed by atoms with Gasteiger partial charge in [0, 0.05) is 4.47 Å². The van der Waals surface area contributed by atoms with Crippen LogP contribution in [0.1, 0.15) is 35.2 Å². The topological polar surface area (TPSA) is 38.3 Å². The lowest BCUT2D eigenvalue weighted by molar-refractivity contribution is -0.123. The number of carbonyl (C=O) groups excluding carboxylic acids is 1. The average molecular weight is 376 g/mol. The Kier molecular flexibility index (Phi) is 5.83. The minimum absolute atomic E-state index is 0.0102. The highest BCUT2D eigenvalue weighted by Gasteiger charge is 2.12. The molecule has 0 aliphatic rings. The molecular formula is C19H22BrNO2. The van der Waals surface area contributed by atoms with Gasteiger partial charge in [0.25, 0.3) is 5.91 Å². The van der Waals surface area contributed by atoms with Crippen LogP contribution in [0.3, 0.4) is 0 Å². The van der Waals surface area contributed by atoms with E-state index in [-0.39, 0.29) is 18.6 Å². The number of hydrogen-bond acceptors (Lipinski definition) is 2. The molecule has 0 saturated carbocycles. The third-order valence-electron chi connectivity index (χ3n) is 3.77. The van der Waals surface area contributed by atoms with Crippen molar-refractivity contribution >= 4 is 21.8 Å². The molecular weight excluding hydrogens is 354 g/mol. The van der Waals surface area contributed by atoms with Gasteiger partial charge in [-0.2, -0.15) is 0 Å². The number of hydrogen-bond donors (Lipinski definition) is 1. The van der Waals surface area contributed by atoms with Crippen molar-refractivity contribution in [2.24, 2.45) is 0 Å². The Morgan fingerprint density at radius 1 is 1.13 bits per heavy atom. The molecule has 0 aliphatic heterocycles. The Bertz CT molecular complexity index is 713. The number of benzene rings is 2. The van der Waals surface area contributed by atoms with Crippen LogP contribution in [-0.4, -0.2) is 12.5 Å². The van der Waals surface area contributed by atoms with E-state index in [1.807, 2.05) is 32.0 Å². The van der Waals surface area contributed by atoms with Gasteiger partial charge < -0.3 is 10.1 Å². The second-order valence-corrected chi connectivity index (χ2v) is 6.70. The van der Waals surface area contributed by atoms with E-state index in [1.165, 1.54) is 11.1 Å². The summed E-state index contributed by atoms with van der Waals surface area (Å²) >= 11 is 3.44. The summed E-state index contributed by atoms with van der Waals surface area (Å²) < 4.78 is 6.58. The van der Waals surface area contributed by atoms with Crippen LogP contribution >= 0.6 is 15.9 Å². The van der Waals surface area contributed by atoms with Gasteiger partial charge in [-0.25, -0.2) is 0 Å². The highest BCUT2D eigenvalue weighted by molar-refractivity contribution is 9.10. The monoisotopic (exact) mass is 375 g/mol. The maximum Gasteiger partial charge on any atom is 0.258 e. The molecule has 1 amide bonds. The molecule has 0 heterocycles. The van der Waals surface area contributed by atoms with Crippen molar-refractivity contribution in [2.45, 2.75) is 33.7 Å². The fourth-order valence-electron chi connectivity index (χ4n) is 2.53. The second kappa shape index (κ2) is 7.64. The first-order valence-electron chi connectivity index (χ1n) is 7.62. The van der Waals surface area contributed by atoms with Gasteiger partial charge in [0.05, 0.1) is 6.04 Å². The molecule has 0 fully saturated rings. The zero-order chi connectivity index (χ0) is 17.0. The Morgan fingerprint density at radius 2 is 1.87 bits per heavy atom. The highest BCUT2D eigenvalue weighted by atomic mass is 79.9. The minimum Gasteiger partial charge on any atom is -0.484 e. The van der Waals surface area contributed by atoms with E-state index in [0.717, 1.165) is 15.6 Å². The van der Waals surface area contributed by atoms with Crippen molar-refractivity contribution < 1.29 is 9.53 Å². The zero-order valence-electron chi connectivity index (χ0n) is 13.9. The van der Waals surface area contributed by atoms with E-state index in [4.69, 9.17) is 4.74 Å². The van der Waals surface area contributed by atoms with Crippen LogP contribution in [0.4, 0.5) is 0 Å². The molecule has 0 radical (unpaired) electrons. The average Bonchev–Trinajstić information content (AvgIpc) is 2.48. The number of rotatable bonds is 5. The van der Waals surface area contributed by atoms with Crippen molar-refractivity contribution in [3.63, 3.8) is 0 Å². The van der Waals surface area contributed by atoms with E-state index in [1.54, 1.807) is 0 Å². The summed E-state index contributed by atoms with van der Waals surface area (Å²) in [5, 5.41) is 2.98. The predicted molar refractivity (Wildman–Crippen MR) is 96.8 cm³/mol. The lowest BCUT2D eigenvalue weighted by atomic mass is 10.0. The number of halogens is 1. The van der Waals surface area contributed by atoms with Crippen molar-refractivity contribution in [1.82, 2.24) is 5.32 Å². The van der Waals surface area contributed by atoms with E-state index in [9.17, 15) is 4.79 Å². The molecule has 1 atom stereocenters. The van der Waals surface area contributed by atoms with Crippen LogP contribution in [0.5, 0.6) is 5.75 Å². The standard InChI is InChI=1S/C19H22BrNO2/c1-12-5-7-17(13(2)9-12)15(4)21-19(22)11-23-16-6-8-18(20)14(3)10-16/h5-10,15H,11H2,1-4H3,(H,21,22)/t15-/m0/s1. The Balaban J connectivity index is 1.92. The summed E-state index contributed by atoms with van der Waals surface area (Å²) in [5.41, 5.74) is 4.61. The summed E-state index contributed by atoms with van der Waals surface area (Å²) in [5.74, 6) is 0.568. The Labute approximate surface area is 146 Å². The van der Waals surface area contributed by atoms with Crippen molar-refractivity contribution in [2.75, 3.05) is 6.61 Å². The molecule has 0 spiro atoms. The lowest BCUT2D eigenvalue weighted by Gasteiger charge is -2.17. The maximum absolute atomic E-state index is 12.1. The lowest BCUT2D eigenvalue weighted by Crippen LogP contribution is -2.31. The van der Waals surface area contributed by atoms with Crippen molar-refractivity contribution in [1.29, 1.82) is 0 Å². The molecule has 0 unspecified atom stereocenters. The number of nitrogens with one attached hydrogen (secondary N) is 1. The van der Waals surface area contributed by atoms with Crippen LogP contribution in [-0.2, 0) is 4.79 Å². The molecule has 3 nitrogen and oxygen atoms in total. The van der Waals surface area contributed by atoms with Crippen molar-refractivity contribution in [3.05, 3.63) is 63.1 Å². The summed E-state index contributed by atoms with van der Waals surface area (Å²) in [6.45, 7) is 8.11. The van der Waals surface area contributed by atoms with Gasteiger partial charge in [-0.15, -0.1) is 0 Å². The molecule has 0 aromatic heterocycles. The SMILES string of the molecule is Cc1ccc([C@H](C)NC(=O)COc2ccc(Br)c(C)c2)c(C)c1. The van der Waals surface area contributed by atoms with Crippen LogP contribution in [0.15, 0.2) is 40.9 Å². The van der Waals surface area contributed by atoms with Crippen molar-refractivity contribution in [3.8, 4) is 5.75 Å². The molecule has 2 aromatic carbocycles. The first kappa shape index (κ1) is 17.5. The van der Waals surface area contributed by atoms with Crippen LogP contribution in [0, 0.1) is 20.8 Å². The first-order valence-corrected chi connectivity index (χ1v) is 8.41. The van der Waals surface area contributed by atoms with Gasteiger partial charge in [0.2, 0.25) is 0 Å². The smallest absolute Gasteiger partial charge is 0.258 e. The molecule has 4 heteroatoms. The molecule has 2 rings (SSSR count). The fourth-order valence-corrected chi connectivity index (χ4v) is 2.77.